The molecule has 5 heteroatoms. The first-order valence-corrected chi connectivity index (χ1v) is 22.7. The Hall–Kier alpha value is -8.17. The number of rotatable bonds is 4. The molecule has 0 N–H and O–H groups in total. The molecule has 65 heavy (non-hydrogen) atoms. The van der Waals surface area contributed by atoms with Crippen LogP contribution in [0.25, 0.3) is 56.4 Å². The van der Waals surface area contributed by atoms with E-state index in [9.17, 15) is 5.26 Å². The van der Waals surface area contributed by atoms with Crippen LogP contribution >= 0.6 is 11.8 Å². The van der Waals surface area contributed by atoms with Crippen molar-refractivity contribution in [3.63, 3.8) is 0 Å². The highest BCUT2D eigenvalue weighted by atomic mass is 32.2. The van der Waals surface area contributed by atoms with Crippen LogP contribution in [0.2, 0.25) is 0 Å². The Morgan fingerprint density at radius 2 is 0.754 bits per heavy atom. The molecule has 0 saturated carbocycles. The molecule has 0 unspecified atom stereocenters. The smallest absolute Gasteiger partial charge is 0.164 e. The summed E-state index contributed by atoms with van der Waals surface area (Å²) in [5, 5.41) is 9.66. The second-order valence-corrected chi connectivity index (χ2v) is 18.0. The highest BCUT2D eigenvalue weighted by Crippen LogP contribution is 2.67. The topological polar surface area (TPSA) is 62.5 Å². The maximum atomic E-state index is 9.66. The molecule has 13 rings (SSSR count). The zero-order valence-corrected chi connectivity index (χ0v) is 35.8. The highest BCUT2D eigenvalue weighted by Gasteiger charge is 2.58. The molecule has 0 atom stereocenters. The predicted octanol–water partition coefficient (Wildman–Crippen LogP) is 13.9. The fourth-order valence-electron chi connectivity index (χ4n) is 11.1. The monoisotopic (exact) mass is 844 g/mol. The minimum Gasteiger partial charge on any atom is -0.208 e. The summed E-state index contributed by atoms with van der Waals surface area (Å²) in [4.78, 5) is 18.1. The van der Waals surface area contributed by atoms with Crippen LogP contribution in [-0.2, 0) is 10.8 Å². The third-order valence-corrected chi connectivity index (χ3v) is 14.8. The lowest BCUT2D eigenvalue weighted by Crippen LogP contribution is -2.45. The number of aromatic nitrogens is 3. The van der Waals surface area contributed by atoms with Crippen molar-refractivity contribution in [2.24, 2.45) is 0 Å². The molecule has 2 heterocycles. The second kappa shape index (κ2) is 14.4. The first kappa shape index (κ1) is 37.4. The predicted molar refractivity (Wildman–Crippen MR) is 260 cm³/mol. The molecule has 2 aliphatic carbocycles. The Kier molecular flexibility index (Phi) is 8.30. The van der Waals surface area contributed by atoms with Gasteiger partial charge in [0.25, 0.3) is 0 Å². The SMILES string of the molecule is N#Cc1cccc(-c2cccc(-c3nc(-c4ccccc4)nc(-c4ccc5c(c4)C4(c6ccccc6S5)c5ccccc5C5(c6ccccc6-c6ccccc65)c5ccccc54)n3)c2)c1. The molecule has 2 spiro atoms. The normalized spacial score (nSPS) is 14.0. The van der Waals surface area contributed by atoms with Gasteiger partial charge in [-0.05, 0) is 103 Å². The van der Waals surface area contributed by atoms with E-state index in [-0.39, 0.29) is 0 Å². The molecule has 1 aliphatic heterocycles. The maximum Gasteiger partial charge on any atom is 0.164 e. The third-order valence-electron chi connectivity index (χ3n) is 13.7. The molecule has 10 aromatic rings. The molecule has 9 aromatic carbocycles. The standard InChI is InChI=1S/C60H36N4S/c61-37-38-16-14-19-40(34-38)41-20-15-21-42(35-41)57-62-56(39-17-2-1-3-18-39)63-58(64-57)43-32-33-55-53(36-43)60(52-30-12-13-31-54(52)65-55)50-28-10-8-26-48(50)59(49-27-9-11-29-51(49)60)46-24-6-4-22-44(46)45-23-5-7-25-47(45)59/h1-36H. The van der Waals surface area contributed by atoms with Gasteiger partial charge in [-0.1, -0.05) is 194 Å². The van der Waals surface area contributed by atoms with Crippen molar-refractivity contribution in [3.8, 4) is 62.5 Å². The van der Waals surface area contributed by atoms with E-state index >= 15 is 0 Å². The van der Waals surface area contributed by atoms with Gasteiger partial charge in [0.2, 0.25) is 0 Å². The number of fused-ring (bicyclic) bond motifs is 15. The van der Waals surface area contributed by atoms with E-state index in [4.69, 9.17) is 15.0 Å². The summed E-state index contributed by atoms with van der Waals surface area (Å²) in [6.07, 6.45) is 0. The number of nitriles is 1. The lowest BCUT2D eigenvalue weighted by atomic mass is 9.51. The van der Waals surface area contributed by atoms with Gasteiger partial charge in [-0.2, -0.15) is 5.26 Å². The van der Waals surface area contributed by atoms with Gasteiger partial charge < -0.3 is 0 Å². The van der Waals surface area contributed by atoms with Gasteiger partial charge in [0.15, 0.2) is 17.5 Å². The summed E-state index contributed by atoms with van der Waals surface area (Å²) in [6.45, 7) is 0. The largest absolute Gasteiger partial charge is 0.208 e. The van der Waals surface area contributed by atoms with Gasteiger partial charge in [-0.15, -0.1) is 0 Å². The Morgan fingerprint density at radius 1 is 0.323 bits per heavy atom. The van der Waals surface area contributed by atoms with E-state index in [2.05, 4.69) is 158 Å². The first-order chi connectivity index (χ1) is 32.2. The van der Waals surface area contributed by atoms with Gasteiger partial charge >= 0.3 is 0 Å². The number of benzene rings is 9. The van der Waals surface area contributed by atoms with Crippen molar-refractivity contribution < 1.29 is 0 Å². The summed E-state index contributed by atoms with van der Waals surface area (Å²) in [5.41, 5.74) is 16.8. The number of nitrogens with zero attached hydrogens (tertiary/aromatic N) is 4. The molecule has 0 amide bonds. The average Bonchev–Trinajstić information content (AvgIpc) is 3.68. The van der Waals surface area contributed by atoms with E-state index in [1.807, 2.05) is 78.5 Å². The Balaban J connectivity index is 1.07. The van der Waals surface area contributed by atoms with Crippen LogP contribution in [0.5, 0.6) is 0 Å². The van der Waals surface area contributed by atoms with Gasteiger partial charge in [0, 0.05) is 26.5 Å². The van der Waals surface area contributed by atoms with Crippen molar-refractivity contribution in [2.75, 3.05) is 0 Å². The lowest BCUT2D eigenvalue weighted by molar-refractivity contribution is 0.606. The van der Waals surface area contributed by atoms with Gasteiger partial charge in [-0.25, -0.2) is 15.0 Å². The van der Waals surface area contributed by atoms with Crippen molar-refractivity contribution >= 4 is 11.8 Å². The van der Waals surface area contributed by atoms with Gasteiger partial charge in [0.1, 0.15) is 0 Å². The van der Waals surface area contributed by atoms with Crippen LogP contribution in [0.3, 0.4) is 0 Å². The fourth-order valence-corrected chi connectivity index (χ4v) is 12.3. The van der Waals surface area contributed by atoms with E-state index in [0.29, 0.717) is 23.0 Å². The molecular weight excluding hydrogens is 809 g/mol. The lowest BCUT2D eigenvalue weighted by Gasteiger charge is -2.51. The highest BCUT2D eigenvalue weighted by molar-refractivity contribution is 7.99. The molecular formula is C60H36N4S. The van der Waals surface area contributed by atoms with Crippen LogP contribution in [0.1, 0.15) is 50.1 Å². The molecule has 302 valence electrons. The maximum absolute atomic E-state index is 9.66. The fraction of sp³-hybridized carbons (Fsp3) is 0.0333. The summed E-state index contributed by atoms with van der Waals surface area (Å²) >= 11 is 1.83. The quantitative estimate of drug-likeness (QED) is 0.177. The van der Waals surface area contributed by atoms with Crippen LogP contribution in [-0.4, -0.2) is 15.0 Å². The minimum atomic E-state index is -0.678. The van der Waals surface area contributed by atoms with Crippen molar-refractivity contribution in [2.45, 2.75) is 20.6 Å². The zero-order chi connectivity index (χ0) is 43.1. The summed E-state index contributed by atoms with van der Waals surface area (Å²) < 4.78 is 0. The Bertz CT molecular complexity index is 3530. The van der Waals surface area contributed by atoms with Crippen molar-refractivity contribution in [1.82, 2.24) is 15.0 Å². The molecule has 0 fully saturated rings. The molecule has 0 radical (unpaired) electrons. The van der Waals surface area contributed by atoms with E-state index < -0.39 is 10.8 Å². The van der Waals surface area contributed by atoms with Crippen LogP contribution < -0.4 is 0 Å². The van der Waals surface area contributed by atoms with Crippen molar-refractivity contribution in [3.05, 3.63) is 268 Å². The first-order valence-electron chi connectivity index (χ1n) is 21.9. The summed E-state index contributed by atoms with van der Waals surface area (Å²) in [7, 11) is 0. The molecule has 0 bridgehead atoms. The number of hydrogen-bond donors (Lipinski definition) is 0. The summed E-state index contributed by atoms with van der Waals surface area (Å²) in [5.74, 6) is 1.77. The van der Waals surface area contributed by atoms with E-state index in [0.717, 1.165) is 27.8 Å². The number of hydrogen-bond acceptors (Lipinski definition) is 5. The molecule has 0 saturated heterocycles. The van der Waals surface area contributed by atoms with E-state index in [1.54, 1.807) is 0 Å². The van der Waals surface area contributed by atoms with Crippen LogP contribution in [0, 0.1) is 11.3 Å². The third kappa shape index (κ3) is 5.35. The van der Waals surface area contributed by atoms with Crippen LogP contribution in [0.15, 0.2) is 228 Å². The summed E-state index contributed by atoms with van der Waals surface area (Å²) in [6, 6.07) is 80.6. The van der Waals surface area contributed by atoms with Crippen LogP contribution in [0.4, 0.5) is 0 Å². The zero-order valence-electron chi connectivity index (χ0n) is 35.0. The van der Waals surface area contributed by atoms with Crippen molar-refractivity contribution in [1.29, 1.82) is 5.26 Å². The average molecular weight is 845 g/mol. The second-order valence-electron chi connectivity index (χ2n) is 16.9. The Labute approximate surface area is 381 Å². The minimum absolute atomic E-state index is 0.527. The molecule has 4 nitrogen and oxygen atoms in total. The molecule has 3 aliphatic rings. The van der Waals surface area contributed by atoms with E-state index in [1.165, 1.54) is 65.4 Å². The van der Waals surface area contributed by atoms with Gasteiger partial charge in [0.05, 0.1) is 22.5 Å². The molecule has 1 aromatic heterocycles. The van der Waals surface area contributed by atoms with Gasteiger partial charge in [-0.3, -0.25) is 0 Å². The Morgan fingerprint density at radius 3 is 1.37 bits per heavy atom.